The van der Waals surface area contributed by atoms with E-state index in [1.807, 2.05) is 18.2 Å². The molecule has 3 heterocycles. The Bertz CT molecular complexity index is 1150. The fourth-order valence-electron chi connectivity index (χ4n) is 4.57. The minimum atomic E-state index is -0.174. The second kappa shape index (κ2) is 6.14. The molecule has 5 heteroatoms. The lowest BCUT2D eigenvalue weighted by molar-refractivity contribution is -0.118. The summed E-state index contributed by atoms with van der Waals surface area (Å²) in [6.07, 6.45) is 4.97. The zero-order chi connectivity index (χ0) is 19.5. The third-order valence-corrected chi connectivity index (χ3v) is 5.92. The Morgan fingerprint density at radius 3 is 2.75 bits per heavy atom. The average molecular weight is 390 g/mol. The van der Waals surface area contributed by atoms with Gasteiger partial charge in [-0.05, 0) is 47.2 Å². The minimum Gasteiger partial charge on any atom is -0.358 e. The smallest absolute Gasteiger partial charge is 0.162 e. The standard InChI is InChI=1S/C23H20ClN3O/c1-23(2)10-17-22(18(28)11-23)20(13-5-8-19(24)26-12-13)21-14-4-3-9-25-15(14)6-7-16(21)27-17/h3-9,12,20,27H,10-11H2,1-2H3. The van der Waals surface area contributed by atoms with Crippen molar-refractivity contribution in [3.8, 4) is 0 Å². The van der Waals surface area contributed by atoms with Crippen LogP contribution in [-0.4, -0.2) is 15.8 Å². The molecule has 0 amide bonds. The van der Waals surface area contributed by atoms with Crippen LogP contribution in [0.1, 0.15) is 43.7 Å². The van der Waals surface area contributed by atoms with E-state index in [4.69, 9.17) is 11.6 Å². The fraction of sp³-hybridized carbons (Fsp3) is 0.261. The van der Waals surface area contributed by atoms with Crippen molar-refractivity contribution in [3.05, 3.63) is 76.3 Å². The predicted molar refractivity (Wildman–Crippen MR) is 112 cm³/mol. The van der Waals surface area contributed by atoms with Gasteiger partial charge in [0.05, 0.1) is 5.52 Å². The van der Waals surface area contributed by atoms with Gasteiger partial charge < -0.3 is 5.32 Å². The summed E-state index contributed by atoms with van der Waals surface area (Å²) in [6, 6.07) is 11.9. The number of fused-ring (bicyclic) bond motifs is 3. The number of aromatic nitrogens is 2. The summed E-state index contributed by atoms with van der Waals surface area (Å²) in [4.78, 5) is 22.1. The molecule has 1 unspecified atom stereocenters. The van der Waals surface area contributed by atoms with Gasteiger partial charge in [0, 0.05) is 47.1 Å². The summed E-state index contributed by atoms with van der Waals surface area (Å²) in [5.74, 6) is 0.0257. The van der Waals surface area contributed by atoms with Crippen LogP contribution in [0.4, 0.5) is 5.69 Å². The van der Waals surface area contributed by atoms with Crippen molar-refractivity contribution in [3.63, 3.8) is 0 Å². The highest BCUT2D eigenvalue weighted by Crippen LogP contribution is 2.50. The number of nitrogens with zero attached hydrogens (tertiary/aromatic N) is 2. The number of nitrogens with one attached hydrogen (secondary N) is 1. The molecule has 1 aromatic carbocycles. The summed E-state index contributed by atoms with van der Waals surface area (Å²) >= 11 is 6.04. The monoisotopic (exact) mass is 389 g/mol. The first-order chi connectivity index (χ1) is 13.4. The first kappa shape index (κ1) is 17.4. The van der Waals surface area contributed by atoms with Gasteiger partial charge in [-0.1, -0.05) is 37.6 Å². The molecule has 4 nitrogen and oxygen atoms in total. The topological polar surface area (TPSA) is 54.9 Å². The molecule has 5 rings (SSSR count). The Hall–Kier alpha value is -2.72. The van der Waals surface area contributed by atoms with Crippen LogP contribution in [0.3, 0.4) is 0 Å². The number of rotatable bonds is 1. The zero-order valence-corrected chi connectivity index (χ0v) is 16.5. The SMILES string of the molecule is CC1(C)CC(=O)C2=C(C1)Nc1ccc3ncccc3c1C2c1ccc(Cl)nc1. The number of Topliss-reactive ketones (excluding diaryl/α,β-unsaturated/α-hetero) is 1. The van der Waals surface area contributed by atoms with Crippen LogP contribution in [0, 0.1) is 5.41 Å². The van der Waals surface area contributed by atoms with Crippen LogP contribution < -0.4 is 5.32 Å². The van der Waals surface area contributed by atoms with Crippen molar-refractivity contribution in [2.45, 2.75) is 32.6 Å². The van der Waals surface area contributed by atoms with Gasteiger partial charge in [0.1, 0.15) is 5.15 Å². The number of ketones is 1. The number of halogens is 1. The summed E-state index contributed by atoms with van der Waals surface area (Å²) in [6.45, 7) is 4.30. The molecule has 28 heavy (non-hydrogen) atoms. The van der Waals surface area contributed by atoms with E-state index in [0.717, 1.165) is 45.4 Å². The fourth-order valence-corrected chi connectivity index (χ4v) is 4.69. The molecule has 1 atom stereocenters. The van der Waals surface area contributed by atoms with Crippen molar-refractivity contribution in [1.29, 1.82) is 0 Å². The predicted octanol–water partition coefficient (Wildman–Crippen LogP) is 5.48. The summed E-state index contributed by atoms with van der Waals surface area (Å²) < 4.78 is 0. The Morgan fingerprint density at radius 1 is 1.11 bits per heavy atom. The van der Waals surface area contributed by atoms with Crippen LogP contribution >= 0.6 is 11.6 Å². The molecular formula is C23H20ClN3O. The number of hydrogen-bond acceptors (Lipinski definition) is 4. The van der Waals surface area contributed by atoms with Gasteiger partial charge in [-0.15, -0.1) is 0 Å². The van der Waals surface area contributed by atoms with Crippen molar-refractivity contribution in [2.24, 2.45) is 5.41 Å². The van der Waals surface area contributed by atoms with E-state index in [-0.39, 0.29) is 17.1 Å². The van der Waals surface area contributed by atoms with E-state index in [0.29, 0.717) is 11.6 Å². The van der Waals surface area contributed by atoms with Gasteiger partial charge in [-0.2, -0.15) is 0 Å². The number of anilines is 1. The van der Waals surface area contributed by atoms with Gasteiger partial charge >= 0.3 is 0 Å². The van der Waals surface area contributed by atoms with Crippen LogP contribution in [-0.2, 0) is 4.79 Å². The number of hydrogen-bond donors (Lipinski definition) is 1. The number of benzene rings is 1. The number of carbonyl (C=O) groups is 1. The van der Waals surface area contributed by atoms with Gasteiger partial charge in [-0.25, -0.2) is 4.98 Å². The lowest BCUT2D eigenvalue weighted by Gasteiger charge is -2.39. The average Bonchev–Trinajstić information content (AvgIpc) is 2.66. The van der Waals surface area contributed by atoms with Gasteiger partial charge in [-0.3, -0.25) is 9.78 Å². The molecule has 3 aromatic rings. The highest BCUT2D eigenvalue weighted by Gasteiger charge is 2.41. The molecule has 1 aliphatic carbocycles. The van der Waals surface area contributed by atoms with Gasteiger partial charge in [0.25, 0.3) is 0 Å². The summed E-state index contributed by atoms with van der Waals surface area (Å²) in [5, 5.41) is 5.07. The lowest BCUT2D eigenvalue weighted by Crippen LogP contribution is -2.34. The molecular weight excluding hydrogens is 370 g/mol. The Balaban J connectivity index is 1.81. The molecule has 0 fully saturated rings. The number of carbonyl (C=O) groups excluding carboxylic acids is 1. The molecule has 0 saturated carbocycles. The normalized spacial score (nSPS) is 20.5. The van der Waals surface area contributed by atoms with E-state index in [2.05, 4.69) is 41.3 Å². The summed E-state index contributed by atoms with van der Waals surface area (Å²) in [5.41, 5.74) is 5.84. The quantitative estimate of drug-likeness (QED) is 0.559. The van der Waals surface area contributed by atoms with Crippen molar-refractivity contribution >= 4 is 34.0 Å². The van der Waals surface area contributed by atoms with Crippen LogP contribution in [0.5, 0.6) is 0 Å². The third-order valence-electron chi connectivity index (χ3n) is 5.69. The van der Waals surface area contributed by atoms with E-state index in [9.17, 15) is 4.79 Å². The van der Waals surface area contributed by atoms with Crippen molar-refractivity contribution < 1.29 is 4.79 Å². The molecule has 0 spiro atoms. The van der Waals surface area contributed by atoms with Crippen LogP contribution in [0.25, 0.3) is 10.9 Å². The van der Waals surface area contributed by atoms with Crippen molar-refractivity contribution in [2.75, 3.05) is 5.32 Å². The second-order valence-corrected chi connectivity index (χ2v) is 8.79. The maximum atomic E-state index is 13.3. The van der Waals surface area contributed by atoms with Crippen molar-refractivity contribution in [1.82, 2.24) is 9.97 Å². The largest absolute Gasteiger partial charge is 0.358 e. The van der Waals surface area contributed by atoms with Gasteiger partial charge in [0.2, 0.25) is 0 Å². The molecule has 2 aliphatic rings. The Kier molecular flexibility index (Phi) is 3.81. The molecule has 0 saturated heterocycles. The van der Waals surface area contributed by atoms with Crippen LogP contribution in [0.2, 0.25) is 5.15 Å². The first-order valence-corrected chi connectivity index (χ1v) is 9.83. The number of allylic oxidation sites excluding steroid dienone is 2. The third kappa shape index (κ3) is 2.71. The van der Waals surface area contributed by atoms with E-state index in [1.165, 1.54) is 0 Å². The second-order valence-electron chi connectivity index (χ2n) is 8.40. The van der Waals surface area contributed by atoms with E-state index < -0.39 is 0 Å². The molecule has 1 aliphatic heterocycles. The van der Waals surface area contributed by atoms with Gasteiger partial charge in [0.15, 0.2) is 5.78 Å². The highest BCUT2D eigenvalue weighted by atomic mass is 35.5. The molecule has 140 valence electrons. The minimum absolute atomic E-state index is 0.0539. The first-order valence-electron chi connectivity index (χ1n) is 9.45. The molecule has 0 bridgehead atoms. The summed E-state index contributed by atoms with van der Waals surface area (Å²) in [7, 11) is 0. The molecule has 2 aromatic heterocycles. The maximum Gasteiger partial charge on any atom is 0.162 e. The van der Waals surface area contributed by atoms with E-state index in [1.54, 1.807) is 18.5 Å². The lowest BCUT2D eigenvalue weighted by atomic mass is 9.68. The molecule has 0 radical (unpaired) electrons. The molecule has 1 N–H and O–H groups in total. The zero-order valence-electron chi connectivity index (χ0n) is 15.8. The highest BCUT2D eigenvalue weighted by molar-refractivity contribution is 6.29. The number of pyridine rings is 2. The van der Waals surface area contributed by atoms with Crippen LogP contribution in [0.15, 0.2) is 60.1 Å². The Morgan fingerprint density at radius 2 is 1.96 bits per heavy atom. The Labute approximate surface area is 168 Å². The maximum absolute atomic E-state index is 13.3. The van der Waals surface area contributed by atoms with E-state index >= 15 is 0 Å².